The molecule has 2 atom stereocenters. The molecule has 15 heteroatoms. The number of rotatable bonds is 14. The molecular formula is C18H23AsN4O9S-2. The van der Waals surface area contributed by atoms with Crippen LogP contribution in [0.15, 0.2) is 24.3 Å². The molecule has 0 aliphatic heterocycles. The third kappa shape index (κ3) is 11.7. The first-order chi connectivity index (χ1) is 15.5. The van der Waals surface area contributed by atoms with Crippen LogP contribution in [0.4, 0.5) is 5.69 Å². The van der Waals surface area contributed by atoms with Crippen LogP contribution in [0.1, 0.15) is 12.8 Å². The van der Waals surface area contributed by atoms with E-state index in [-0.39, 0.29) is 24.3 Å². The van der Waals surface area contributed by atoms with Crippen molar-refractivity contribution in [2.45, 2.75) is 24.9 Å². The number of nitrogens with two attached hydrogens (primary N) is 1. The molecule has 1 aromatic rings. The van der Waals surface area contributed by atoms with Gasteiger partial charge in [0, 0.05) is 12.5 Å². The summed E-state index contributed by atoms with van der Waals surface area (Å²) >= 11 is -2.02. The number of hydrogen-bond donors (Lipinski definition) is 6. The van der Waals surface area contributed by atoms with Gasteiger partial charge in [0.05, 0.1) is 18.5 Å². The Bertz CT molecular complexity index is 854. The second kappa shape index (κ2) is 14.5. The second-order valence-electron chi connectivity index (χ2n) is 6.57. The third-order valence-electron chi connectivity index (χ3n) is 3.94. The van der Waals surface area contributed by atoms with Gasteiger partial charge >= 0.3 is 130 Å². The average molecular weight is 546 g/mol. The summed E-state index contributed by atoms with van der Waals surface area (Å²) in [5.74, 6) is -5.23. The Kier molecular flexibility index (Phi) is 12.5. The van der Waals surface area contributed by atoms with Crippen LogP contribution in [-0.2, 0) is 24.0 Å². The zero-order valence-electron chi connectivity index (χ0n) is 17.2. The minimum Gasteiger partial charge on any atom is -0.548 e. The molecule has 182 valence electrons. The third-order valence-corrected chi connectivity index (χ3v) is 6.57. The van der Waals surface area contributed by atoms with Crippen molar-refractivity contribution in [3.8, 4) is 0 Å². The maximum atomic E-state index is 12.2. The number of carbonyl (C=O) groups is 5. The van der Waals surface area contributed by atoms with E-state index < -0.39 is 63.6 Å². The molecule has 0 unspecified atom stereocenters. The molecule has 1 rings (SSSR count). The summed E-state index contributed by atoms with van der Waals surface area (Å²) in [5, 5.41) is 28.2. The van der Waals surface area contributed by atoms with Gasteiger partial charge in [0.1, 0.15) is 0 Å². The zero-order valence-corrected chi connectivity index (χ0v) is 19.9. The molecule has 3 amide bonds. The minimum absolute atomic E-state index is 0.0912. The van der Waals surface area contributed by atoms with Crippen LogP contribution in [0.3, 0.4) is 0 Å². The summed E-state index contributed by atoms with van der Waals surface area (Å²) in [5.41, 5.74) is 5.69. The summed E-state index contributed by atoms with van der Waals surface area (Å²) < 4.78 is 18.8. The molecule has 0 heterocycles. The van der Waals surface area contributed by atoms with Crippen molar-refractivity contribution in [2.75, 3.05) is 23.4 Å². The van der Waals surface area contributed by atoms with E-state index in [9.17, 15) is 42.4 Å². The first-order valence-electron chi connectivity index (χ1n) is 9.38. The van der Waals surface area contributed by atoms with Crippen molar-refractivity contribution in [2.24, 2.45) is 5.73 Å². The molecule has 1 aromatic carbocycles. The molecule has 0 aromatic heterocycles. The number of hydrogen-bond acceptors (Lipinski definition) is 11. The summed E-state index contributed by atoms with van der Waals surface area (Å²) in [7, 11) is 0. The fourth-order valence-electron chi connectivity index (χ4n) is 2.28. The van der Waals surface area contributed by atoms with Gasteiger partial charge < -0.3 is 25.5 Å². The molecule has 33 heavy (non-hydrogen) atoms. The first-order valence-corrected chi connectivity index (χ1v) is 13.2. The fraction of sp³-hybridized carbons (Fsp3) is 0.389. The molecule has 7 N–H and O–H groups in total. The van der Waals surface area contributed by atoms with Crippen molar-refractivity contribution >= 4 is 66.8 Å². The second-order valence-corrected chi connectivity index (χ2v) is 9.90. The van der Waals surface area contributed by atoms with Gasteiger partial charge in [-0.2, -0.15) is 0 Å². The normalized spacial score (nSPS) is 12.5. The smallest absolute Gasteiger partial charge is 0.548 e. The molecule has 13 nitrogen and oxygen atoms in total. The van der Waals surface area contributed by atoms with Gasteiger partial charge in [-0.15, -0.1) is 0 Å². The van der Waals surface area contributed by atoms with Gasteiger partial charge in [-0.05, 0) is 6.42 Å². The fourth-order valence-corrected chi connectivity index (χ4v) is 4.00. The van der Waals surface area contributed by atoms with E-state index in [0.29, 0.717) is 10.0 Å². The summed E-state index contributed by atoms with van der Waals surface area (Å²) in [4.78, 5) is 57.5. The van der Waals surface area contributed by atoms with Crippen LogP contribution < -0.4 is 36.2 Å². The number of carboxylic acid groups (broad SMARTS) is 2. The first kappa shape index (κ1) is 28.4. The van der Waals surface area contributed by atoms with Crippen molar-refractivity contribution in [1.29, 1.82) is 0 Å². The van der Waals surface area contributed by atoms with E-state index >= 15 is 0 Å². The maximum absolute atomic E-state index is 12.2. The Morgan fingerprint density at radius 3 is 2.24 bits per heavy atom. The molecule has 0 spiro atoms. The van der Waals surface area contributed by atoms with Gasteiger partial charge in [0.2, 0.25) is 0 Å². The molecule has 0 saturated carbocycles. The number of nitrogens with one attached hydrogen (secondary N) is 3. The van der Waals surface area contributed by atoms with Gasteiger partial charge in [0.15, 0.2) is 0 Å². The number of amides is 3. The van der Waals surface area contributed by atoms with E-state index in [0.717, 1.165) is 11.8 Å². The Balaban J connectivity index is 2.60. The Morgan fingerprint density at radius 1 is 1.06 bits per heavy atom. The molecule has 0 aliphatic carbocycles. The van der Waals surface area contributed by atoms with Gasteiger partial charge in [-0.3, -0.25) is 4.79 Å². The van der Waals surface area contributed by atoms with Crippen LogP contribution in [-0.4, -0.2) is 83.3 Å². The quantitative estimate of drug-likeness (QED) is 0.120. The van der Waals surface area contributed by atoms with Gasteiger partial charge in [-0.25, -0.2) is 0 Å². The van der Waals surface area contributed by atoms with Crippen LogP contribution in [0.25, 0.3) is 0 Å². The van der Waals surface area contributed by atoms with Crippen molar-refractivity contribution < 1.29 is 42.4 Å². The molecule has 0 radical (unpaired) electrons. The van der Waals surface area contributed by atoms with Crippen molar-refractivity contribution in [3.05, 3.63) is 24.3 Å². The van der Waals surface area contributed by atoms with E-state index in [1.807, 2.05) is 0 Å². The predicted octanol–water partition coefficient (Wildman–Crippen LogP) is -5.75. The van der Waals surface area contributed by atoms with Gasteiger partial charge in [0.25, 0.3) is 0 Å². The van der Waals surface area contributed by atoms with E-state index in [2.05, 4.69) is 16.0 Å². The van der Waals surface area contributed by atoms with Crippen molar-refractivity contribution in [1.82, 2.24) is 10.6 Å². The molecular weight excluding hydrogens is 523 g/mol. The number of thioether (sulfide) groups is 1. The van der Waals surface area contributed by atoms with Crippen molar-refractivity contribution in [3.63, 3.8) is 0 Å². The minimum atomic E-state index is -3.00. The number of aliphatic carboxylic acids is 2. The average Bonchev–Trinajstić information content (AvgIpc) is 2.75. The topological polar surface area (TPSA) is 234 Å². The Labute approximate surface area is 198 Å². The Hall–Kier alpha value is -2.64. The van der Waals surface area contributed by atoms with Crippen LogP contribution in [0, 0.1) is 0 Å². The predicted molar refractivity (Wildman–Crippen MR) is 114 cm³/mol. The monoisotopic (exact) mass is 546 g/mol. The number of carbonyl (C=O) groups excluding carboxylic acids is 5. The van der Waals surface area contributed by atoms with Gasteiger partial charge in [-0.1, -0.05) is 0 Å². The van der Waals surface area contributed by atoms with Crippen LogP contribution in [0.5, 0.6) is 0 Å². The molecule has 0 fully saturated rings. The van der Waals surface area contributed by atoms with E-state index in [1.54, 1.807) is 0 Å². The molecule has 0 bridgehead atoms. The summed E-state index contributed by atoms with van der Waals surface area (Å²) in [6.45, 7) is -0.784. The number of carboxylic acids is 2. The number of benzene rings is 1. The molecule has 0 aliphatic rings. The van der Waals surface area contributed by atoms with Crippen LogP contribution in [0.2, 0.25) is 0 Å². The summed E-state index contributed by atoms with van der Waals surface area (Å²) in [6, 6.07) is 3.38. The van der Waals surface area contributed by atoms with Crippen LogP contribution >= 0.6 is 11.8 Å². The van der Waals surface area contributed by atoms with E-state index in [4.69, 9.17) is 5.73 Å². The molecule has 0 saturated heterocycles. The Morgan fingerprint density at radius 2 is 1.70 bits per heavy atom. The standard InChI is InChI=1S/C18H25AsN4O9S/c20-12(18(29)30)5-6-14(24)23-13(17(28)21-7-16(26)27)8-33-9-15(25)22-11-3-1-10(2-4-11)19(31)32/h1-4,12-13,31-32H,5-9,20H2,(H,21,28)(H,22,25)(H,23,24)(H,26,27)(H,29,30)/p-2/t12-,13-/m0/s1. The number of anilines is 1. The summed E-state index contributed by atoms with van der Waals surface area (Å²) in [6.07, 6.45) is -0.544. The van der Waals surface area contributed by atoms with E-state index in [1.165, 1.54) is 24.3 Å². The zero-order chi connectivity index (χ0) is 25.0. The SMILES string of the molecule is N[C@@H](CCC(=O)N[C@@H](CSCC(=O)Nc1ccc([As](O)O)cc1)C(=O)NCC(=O)[O-])C(=O)[O-].